The molecule has 0 heterocycles. The standard InChI is InChI=1S/C19H30N4O2.HI/c1-2-20-19(23-16-8-10-17(24)11-9-16)22-14-18(25)21-13-12-15-6-4-3-5-7-15;/h3-7,16-17,24H,2,8-14H2,1H3,(H,21,25)(H2,20,22,23);1H. The van der Waals surface area contributed by atoms with Crippen molar-refractivity contribution in [2.45, 2.75) is 51.2 Å². The van der Waals surface area contributed by atoms with Crippen LogP contribution in [0.2, 0.25) is 0 Å². The lowest BCUT2D eigenvalue weighted by Gasteiger charge is -2.27. The first kappa shape index (κ1) is 22.7. The Morgan fingerprint density at radius 3 is 2.50 bits per heavy atom. The summed E-state index contributed by atoms with van der Waals surface area (Å²) in [6.07, 6.45) is 4.13. The van der Waals surface area contributed by atoms with Crippen molar-refractivity contribution < 1.29 is 9.90 Å². The molecule has 1 aliphatic carbocycles. The molecule has 1 amide bonds. The summed E-state index contributed by atoms with van der Waals surface area (Å²) in [5.74, 6) is 0.592. The number of nitrogens with zero attached hydrogens (tertiary/aromatic N) is 1. The molecular weight excluding hydrogens is 443 g/mol. The fourth-order valence-electron chi connectivity index (χ4n) is 2.93. The van der Waals surface area contributed by atoms with Crippen molar-refractivity contribution in [3.8, 4) is 0 Å². The number of rotatable bonds is 7. The Kier molecular flexibility index (Phi) is 11.3. The molecule has 6 nitrogen and oxygen atoms in total. The van der Waals surface area contributed by atoms with Crippen LogP contribution in [0.25, 0.3) is 0 Å². The molecule has 146 valence electrons. The molecule has 2 rings (SSSR count). The zero-order valence-electron chi connectivity index (χ0n) is 15.4. The summed E-state index contributed by atoms with van der Waals surface area (Å²) in [7, 11) is 0. The van der Waals surface area contributed by atoms with Crippen LogP contribution in [0.1, 0.15) is 38.2 Å². The van der Waals surface area contributed by atoms with E-state index in [0.29, 0.717) is 18.5 Å². The third-order valence-corrected chi connectivity index (χ3v) is 4.34. The van der Waals surface area contributed by atoms with Gasteiger partial charge in [-0.3, -0.25) is 4.79 Å². The van der Waals surface area contributed by atoms with Gasteiger partial charge in [-0.15, -0.1) is 24.0 Å². The Bertz CT molecular complexity index is 546. The molecule has 26 heavy (non-hydrogen) atoms. The van der Waals surface area contributed by atoms with Crippen LogP contribution in [0.15, 0.2) is 35.3 Å². The molecule has 0 saturated heterocycles. The van der Waals surface area contributed by atoms with Crippen molar-refractivity contribution in [2.24, 2.45) is 4.99 Å². The number of hydrogen-bond acceptors (Lipinski definition) is 3. The van der Waals surface area contributed by atoms with Gasteiger partial charge in [0.1, 0.15) is 6.54 Å². The van der Waals surface area contributed by atoms with E-state index in [1.807, 2.05) is 25.1 Å². The second-order valence-corrected chi connectivity index (χ2v) is 6.43. The van der Waals surface area contributed by atoms with Crippen molar-refractivity contribution in [1.29, 1.82) is 0 Å². The molecule has 1 fully saturated rings. The number of aliphatic hydroxyl groups is 1. The Morgan fingerprint density at radius 1 is 1.15 bits per heavy atom. The first-order chi connectivity index (χ1) is 12.2. The van der Waals surface area contributed by atoms with Gasteiger partial charge in [-0.25, -0.2) is 4.99 Å². The number of guanidine groups is 1. The monoisotopic (exact) mass is 474 g/mol. The lowest BCUT2D eigenvalue weighted by atomic mass is 9.93. The first-order valence-corrected chi connectivity index (χ1v) is 9.21. The topological polar surface area (TPSA) is 85.8 Å². The van der Waals surface area contributed by atoms with E-state index in [-0.39, 0.29) is 42.5 Å². The van der Waals surface area contributed by atoms with Gasteiger partial charge in [0.05, 0.1) is 6.10 Å². The smallest absolute Gasteiger partial charge is 0.241 e. The van der Waals surface area contributed by atoms with Crippen LogP contribution in [0.5, 0.6) is 0 Å². The summed E-state index contributed by atoms with van der Waals surface area (Å²) in [6, 6.07) is 10.4. The molecule has 0 spiro atoms. The number of benzene rings is 1. The Hall–Kier alpha value is -1.35. The SMILES string of the molecule is CCNC(=NCC(=O)NCCc1ccccc1)NC1CCC(O)CC1.I. The highest BCUT2D eigenvalue weighted by atomic mass is 127. The van der Waals surface area contributed by atoms with Crippen LogP contribution < -0.4 is 16.0 Å². The number of carbonyl (C=O) groups excluding carboxylic acids is 1. The third kappa shape index (κ3) is 8.84. The van der Waals surface area contributed by atoms with Gasteiger partial charge in [-0.1, -0.05) is 30.3 Å². The molecule has 1 aromatic carbocycles. The average molecular weight is 474 g/mol. The maximum absolute atomic E-state index is 12.0. The minimum absolute atomic E-state index is 0. The first-order valence-electron chi connectivity index (χ1n) is 9.21. The second-order valence-electron chi connectivity index (χ2n) is 6.43. The molecule has 7 heteroatoms. The number of aliphatic hydroxyl groups excluding tert-OH is 1. The highest BCUT2D eigenvalue weighted by molar-refractivity contribution is 14.0. The number of amides is 1. The van der Waals surface area contributed by atoms with Crippen LogP contribution in [0, 0.1) is 0 Å². The quantitative estimate of drug-likeness (QED) is 0.276. The minimum atomic E-state index is -0.173. The zero-order chi connectivity index (χ0) is 17.9. The molecule has 0 bridgehead atoms. The lowest BCUT2D eigenvalue weighted by Crippen LogP contribution is -2.45. The molecule has 0 unspecified atom stereocenters. The third-order valence-electron chi connectivity index (χ3n) is 4.34. The van der Waals surface area contributed by atoms with E-state index in [1.165, 1.54) is 5.56 Å². The van der Waals surface area contributed by atoms with Gasteiger partial charge in [-0.05, 0) is 44.6 Å². The predicted octanol–water partition coefficient (Wildman–Crippen LogP) is 1.82. The summed E-state index contributed by atoms with van der Waals surface area (Å²) in [5, 5.41) is 19.0. The molecule has 4 N–H and O–H groups in total. The van der Waals surface area contributed by atoms with Crippen molar-refractivity contribution in [3.63, 3.8) is 0 Å². The highest BCUT2D eigenvalue weighted by Gasteiger charge is 2.20. The van der Waals surface area contributed by atoms with E-state index in [4.69, 9.17) is 0 Å². The molecule has 1 aromatic rings. The van der Waals surface area contributed by atoms with E-state index >= 15 is 0 Å². The maximum atomic E-state index is 12.0. The number of hydrogen-bond donors (Lipinski definition) is 4. The average Bonchev–Trinajstić information content (AvgIpc) is 2.63. The minimum Gasteiger partial charge on any atom is -0.393 e. The predicted molar refractivity (Wildman–Crippen MR) is 116 cm³/mol. The van der Waals surface area contributed by atoms with Gasteiger partial charge < -0.3 is 21.1 Å². The van der Waals surface area contributed by atoms with Crippen LogP contribution in [0.3, 0.4) is 0 Å². The fourth-order valence-corrected chi connectivity index (χ4v) is 2.93. The highest BCUT2D eigenvalue weighted by Crippen LogP contribution is 2.18. The maximum Gasteiger partial charge on any atom is 0.241 e. The summed E-state index contributed by atoms with van der Waals surface area (Å²) < 4.78 is 0. The molecule has 1 aliphatic rings. The van der Waals surface area contributed by atoms with E-state index in [2.05, 4.69) is 33.1 Å². The number of aliphatic imine (C=N–C) groups is 1. The van der Waals surface area contributed by atoms with Crippen LogP contribution in [-0.2, 0) is 11.2 Å². The van der Waals surface area contributed by atoms with Gasteiger partial charge in [0.15, 0.2) is 5.96 Å². The summed E-state index contributed by atoms with van der Waals surface area (Å²) in [4.78, 5) is 16.3. The van der Waals surface area contributed by atoms with Crippen LogP contribution in [0.4, 0.5) is 0 Å². The Morgan fingerprint density at radius 2 is 1.85 bits per heavy atom. The largest absolute Gasteiger partial charge is 0.393 e. The van der Waals surface area contributed by atoms with E-state index in [1.54, 1.807) is 0 Å². The van der Waals surface area contributed by atoms with Crippen molar-refractivity contribution in [2.75, 3.05) is 19.6 Å². The van der Waals surface area contributed by atoms with E-state index < -0.39 is 0 Å². The number of carbonyl (C=O) groups is 1. The summed E-state index contributed by atoms with van der Waals surface area (Å²) >= 11 is 0. The molecular formula is C19H31IN4O2. The van der Waals surface area contributed by atoms with Gasteiger partial charge in [0.25, 0.3) is 0 Å². The van der Waals surface area contributed by atoms with Crippen LogP contribution in [-0.4, -0.2) is 48.8 Å². The van der Waals surface area contributed by atoms with Gasteiger partial charge in [0.2, 0.25) is 5.91 Å². The van der Waals surface area contributed by atoms with Gasteiger partial charge in [-0.2, -0.15) is 0 Å². The molecule has 0 aliphatic heterocycles. The van der Waals surface area contributed by atoms with Crippen molar-refractivity contribution >= 4 is 35.8 Å². The zero-order valence-corrected chi connectivity index (χ0v) is 17.7. The van der Waals surface area contributed by atoms with E-state index in [9.17, 15) is 9.90 Å². The molecule has 1 saturated carbocycles. The van der Waals surface area contributed by atoms with Crippen molar-refractivity contribution in [1.82, 2.24) is 16.0 Å². The Balaban J connectivity index is 0.00000338. The second kappa shape index (κ2) is 12.9. The number of halogens is 1. The summed E-state index contributed by atoms with van der Waals surface area (Å²) in [5.41, 5.74) is 1.21. The normalized spacial score (nSPS) is 20.0. The van der Waals surface area contributed by atoms with Crippen molar-refractivity contribution in [3.05, 3.63) is 35.9 Å². The van der Waals surface area contributed by atoms with Crippen LogP contribution >= 0.6 is 24.0 Å². The Labute approximate surface area is 173 Å². The summed E-state index contributed by atoms with van der Waals surface area (Å²) in [6.45, 7) is 3.47. The fraction of sp³-hybridized carbons (Fsp3) is 0.579. The molecule has 0 aromatic heterocycles. The van der Waals surface area contributed by atoms with E-state index in [0.717, 1.165) is 38.6 Å². The molecule has 0 radical (unpaired) electrons. The number of nitrogens with one attached hydrogen (secondary N) is 3. The van der Waals surface area contributed by atoms with Gasteiger partial charge in [0, 0.05) is 19.1 Å². The lowest BCUT2D eigenvalue weighted by molar-refractivity contribution is -0.119. The van der Waals surface area contributed by atoms with Gasteiger partial charge >= 0.3 is 0 Å². The molecule has 0 atom stereocenters.